The molecule has 0 aliphatic carbocycles. The molecule has 0 saturated carbocycles. The van der Waals surface area contributed by atoms with Gasteiger partial charge in [0.1, 0.15) is 11.5 Å². The van der Waals surface area contributed by atoms with Gasteiger partial charge in [0.2, 0.25) is 0 Å². The van der Waals surface area contributed by atoms with Crippen LogP contribution in [0.4, 0.5) is 20.2 Å². The lowest BCUT2D eigenvalue weighted by Crippen LogP contribution is -2.10. The molecular weight excluding hydrogens is 284 g/mol. The Balaban J connectivity index is 2.22. The number of nitrogens with one attached hydrogen (secondary N) is 1. The van der Waals surface area contributed by atoms with E-state index in [0.29, 0.717) is 4.57 Å². The molecule has 108 valence electrons. The van der Waals surface area contributed by atoms with Crippen molar-refractivity contribution in [3.63, 3.8) is 0 Å². The van der Waals surface area contributed by atoms with Crippen molar-refractivity contribution in [1.29, 1.82) is 5.26 Å². The molecule has 9 heteroatoms. The Hall–Kier alpha value is -3.02. The van der Waals surface area contributed by atoms with Crippen LogP contribution < -0.4 is 5.32 Å². The van der Waals surface area contributed by atoms with E-state index in [1.165, 1.54) is 18.3 Å². The summed E-state index contributed by atoms with van der Waals surface area (Å²) in [5.74, 6) is 0.0451. The molecule has 0 atom stereocenters. The number of rotatable bonds is 5. The number of nitriles is 1. The zero-order chi connectivity index (χ0) is 15.4. The van der Waals surface area contributed by atoms with E-state index in [2.05, 4.69) is 10.3 Å². The molecule has 1 aromatic heterocycles. The third-order valence-corrected chi connectivity index (χ3v) is 2.72. The van der Waals surface area contributed by atoms with E-state index in [-0.39, 0.29) is 29.3 Å². The number of nitro benzene ring substituents is 1. The molecule has 0 saturated heterocycles. The fourth-order valence-electron chi connectivity index (χ4n) is 1.73. The van der Waals surface area contributed by atoms with Gasteiger partial charge >= 0.3 is 6.55 Å². The van der Waals surface area contributed by atoms with Crippen molar-refractivity contribution in [1.82, 2.24) is 9.55 Å². The highest BCUT2D eigenvalue weighted by molar-refractivity contribution is 5.63. The van der Waals surface area contributed by atoms with Gasteiger partial charge in [-0.15, -0.1) is 0 Å². The molecule has 0 aliphatic heterocycles. The molecule has 0 aliphatic rings. The smallest absolute Gasteiger partial charge is 0.319 e. The Bertz CT molecular complexity index is 708. The number of imidazole rings is 1. The molecule has 21 heavy (non-hydrogen) atoms. The minimum atomic E-state index is -2.74. The molecule has 0 spiro atoms. The van der Waals surface area contributed by atoms with Gasteiger partial charge in [0.15, 0.2) is 0 Å². The third-order valence-electron chi connectivity index (χ3n) is 2.72. The van der Waals surface area contributed by atoms with E-state index < -0.39 is 11.5 Å². The Kier molecular flexibility index (Phi) is 4.08. The van der Waals surface area contributed by atoms with E-state index in [4.69, 9.17) is 5.26 Å². The highest BCUT2D eigenvalue weighted by Crippen LogP contribution is 2.26. The number of halogens is 2. The van der Waals surface area contributed by atoms with E-state index in [0.717, 1.165) is 12.3 Å². The largest absolute Gasteiger partial charge is 0.372 e. The van der Waals surface area contributed by atoms with E-state index in [1.807, 2.05) is 0 Å². The zero-order valence-corrected chi connectivity index (χ0v) is 10.5. The molecule has 0 amide bonds. The predicted octanol–water partition coefficient (Wildman–Crippen LogP) is 2.67. The number of anilines is 1. The number of alkyl halides is 2. The Labute approximate surface area is 117 Å². The van der Waals surface area contributed by atoms with Gasteiger partial charge in [0, 0.05) is 18.5 Å². The maximum Gasteiger partial charge on any atom is 0.319 e. The molecular formula is C12H9F2N5O2. The van der Waals surface area contributed by atoms with Gasteiger partial charge < -0.3 is 5.32 Å². The minimum Gasteiger partial charge on any atom is -0.372 e. The SMILES string of the molecule is N#Cc1ccc(NCc2nccn2C(F)F)c([N+](=O)[O-])c1. The number of aromatic nitrogens is 2. The molecule has 1 aromatic carbocycles. The van der Waals surface area contributed by atoms with Crippen molar-refractivity contribution in [2.45, 2.75) is 13.1 Å². The molecule has 0 radical (unpaired) electrons. The van der Waals surface area contributed by atoms with Gasteiger partial charge in [-0.05, 0) is 12.1 Å². The molecule has 1 N–H and O–H groups in total. The number of hydrogen-bond acceptors (Lipinski definition) is 5. The number of nitro groups is 1. The molecule has 1 heterocycles. The van der Waals surface area contributed by atoms with Crippen molar-refractivity contribution in [3.8, 4) is 6.07 Å². The lowest BCUT2D eigenvalue weighted by molar-refractivity contribution is -0.384. The zero-order valence-electron chi connectivity index (χ0n) is 10.5. The fraction of sp³-hybridized carbons (Fsp3) is 0.167. The second-order valence-corrected chi connectivity index (χ2v) is 3.98. The van der Waals surface area contributed by atoms with Crippen LogP contribution in [-0.4, -0.2) is 14.5 Å². The summed E-state index contributed by atoms with van der Waals surface area (Å²) in [4.78, 5) is 14.1. The van der Waals surface area contributed by atoms with Crippen LogP contribution in [0.3, 0.4) is 0 Å². The first-order valence-electron chi connectivity index (χ1n) is 5.75. The summed E-state index contributed by atoms with van der Waals surface area (Å²) in [6.07, 6.45) is 2.34. The van der Waals surface area contributed by atoms with E-state index in [1.54, 1.807) is 6.07 Å². The van der Waals surface area contributed by atoms with Gasteiger partial charge in [-0.1, -0.05) is 0 Å². The Morgan fingerprint density at radius 3 is 2.90 bits per heavy atom. The first-order valence-corrected chi connectivity index (χ1v) is 5.75. The number of hydrogen-bond donors (Lipinski definition) is 1. The minimum absolute atomic E-state index is 0.0451. The lowest BCUT2D eigenvalue weighted by Gasteiger charge is -2.09. The van der Waals surface area contributed by atoms with E-state index >= 15 is 0 Å². The second-order valence-electron chi connectivity index (χ2n) is 3.98. The fourth-order valence-corrected chi connectivity index (χ4v) is 1.73. The summed E-state index contributed by atoms with van der Waals surface area (Å²) >= 11 is 0. The molecule has 0 fully saturated rings. The van der Waals surface area contributed by atoms with Crippen LogP contribution in [0.5, 0.6) is 0 Å². The highest BCUT2D eigenvalue weighted by Gasteiger charge is 2.16. The predicted molar refractivity (Wildman–Crippen MR) is 68.6 cm³/mol. The van der Waals surface area contributed by atoms with Crippen LogP contribution in [0.15, 0.2) is 30.6 Å². The van der Waals surface area contributed by atoms with Crippen LogP contribution in [0, 0.1) is 21.4 Å². The standard InChI is InChI=1S/C12H9F2N5O2/c13-12(14)18-4-3-16-11(18)7-17-9-2-1-8(6-15)5-10(9)19(20)21/h1-5,12,17H,7H2. The highest BCUT2D eigenvalue weighted by atomic mass is 19.3. The lowest BCUT2D eigenvalue weighted by atomic mass is 10.2. The average Bonchev–Trinajstić information content (AvgIpc) is 2.93. The van der Waals surface area contributed by atoms with Gasteiger partial charge in [-0.3, -0.25) is 14.7 Å². The first-order chi connectivity index (χ1) is 10.0. The maximum atomic E-state index is 12.6. The number of benzene rings is 1. The molecule has 2 rings (SSSR count). The summed E-state index contributed by atoms with van der Waals surface area (Å²) in [6.45, 7) is -2.84. The first kappa shape index (κ1) is 14.4. The topological polar surface area (TPSA) is 96.8 Å². The summed E-state index contributed by atoms with van der Waals surface area (Å²) < 4.78 is 25.9. The van der Waals surface area contributed by atoms with Crippen molar-refractivity contribution in [2.24, 2.45) is 0 Å². The monoisotopic (exact) mass is 293 g/mol. The summed E-state index contributed by atoms with van der Waals surface area (Å²) in [5, 5.41) is 22.3. The van der Waals surface area contributed by atoms with Gasteiger partial charge in [-0.25, -0.2) is 4.98 Å². The Morgan fingerprint density at radius 2 is 2.29 bits per heavy atom. The van der Waals surface area contributed by atoms with Crippen molar-refractivity contribution < 1.29 is 13.7 Å². The van der Waals surface area contributed by atoms with Gasteiger partial charge in [0.25, 0.3) is 5.69 Å². The van der Waals surface area contributed by atoms with Crippen molar-refractivity contribution in [3.05, 3.63) is 52.1 Å². The summed E-state index contributed by atoms with van der Waals surface area (Å²) in [5.41, 5.74) is -0.0339. The number of nitrogens with zero attached hydrogens (tertiary/aromatic N) is 4. The molecule has 7 nitrogen and oxygen atoms in total. The molecule has 2 aromatic rings. The maximum absolute atomic E-state index is 12.6. The van der Waals surface area contributed by atoms with Crippen molar-refractivity contribution >= 4 is 11.4 Å². The quantitative estimate of drug-likeness (QED) is 0.675. The van der Waals surface area contributed by atoms with Crippen LogP contribution in [-0.2, 0) is 6.54 Å². The van der Waals surface area contributed by atoms with Crippen LogP contribution in [0.2, 0.25) is 0 Å². The summed E-state index contributed by atoms with van der Waals surface area (Å²) in [7, 11) is 0. The molecule has 0 bridgehead atoms. The van der Waals surface area contributed by atoms with Gasteiger partial charge in [-0.2, -0.15) is 14.0 Å². The molecule has 0 unspecified atom stereocenters. The average molecular weight is 293 g/mol. The summed E-state index contributed by atoms with van der Waals surface area (Å²) in [6, 6.07) is 5.66. The van der Waals surface area contributed by atoms with Gasteiger partial charge in [0.05, 0.1) is 23.1 Å². The van der Waals surface area contributed by atoms with Crippen molar-refractivity contribution in [2.75, 3.05) is 5.32 Å². The van der Waals surface area contributed by atoms with Crippen LogP contribution >= 0.6 is 0 Å². The normalized spacial score (nSPS) is 10.4. The Morgan fingerprint density at radius 1 is 1.52 bits per heavy atom. The second kappa shape index (κ2) is 5.96. The van der Waals surface area contributed by atoms with E-state index in [9.17, 15) is 18.9 Å². The third kappa shape index (κ3) is 3.11. The van der Waals surface area contributed by atoms with Crippen LogP contribution in [0.1, 0.15) is 17.9 Å². The van der Waals surface area contributed by atoms with Crippen LogP contribution in [0.25, 0.3) is 0 Å².